The molecule has 0 radical (unpaired) electrons. The number of anilines is 1. The second-order valence-corrected chi connectivity index (χ2v) is 6.64. The van der Waals surface area contributed by atoms with Gasteiger partial charge in [0.05, 0.1) is 11.1 Å². The van der Waals surface area contributed by atoms with E-state index in [-0.39, 0.29) is 23.2 Å². The minimum Gasteiger partial charge on any atom is -0.363 e. The van der Waals surface area contributed by atoms with Crippen LogP contribution in [0.25, 0.3) is 0 Å². The van der Waals surface area contributed by atoms with Gasteiger partial charge in [-0.15, -0.1) is 0 Å². The number of pyridine rings is 1. The van der Waals surface area contributed by atoms with Crippen molar-refractivity contribution in [2.45, 2.75) is 12.8 Å². The van der Waals surface area contributed by atoms with Crippen molar-refractivity contribution in [3.8, 4) is 0 Å². The number of nitrogens with zero attached hydrogens (tertiary/aromatic N) is 5. The van der Waals surface area contributed by atoms with E-state index in [0.29, 0.717) is 25.9 Å². The van der Waals surface area contributed by atoms with E-state index in [1.807, 2.05) is 11.9 Å². The van der Waals surface area contributed by atoms with Crippen LogP contribution in [0.4, 0.5) is 15.8 Å². The van der Waals surface area contributed by atoms with Crippen molar-refractivity contribution in [1.82, 2.24) is 14.8 Å². The summed E-state index contributed by atoms with van der Waals surface area (Å²) in [7, 11) is 2.04. The van der Waals surface area contributed by atoms with Gasteiger partial charge in [-0.05, 0) is 19.9 Å². The fourth-order valence-corrected chi connectivity index (χ4v) is 3.50. The highest BCUT2D eigenvalue weighted by molar-refractivity contribution is 5.79. The topological polar surface area (TPSA) is 82.8 Å². The first-order valence-corrected chi connectivity index (χ1v) is 8.47. The summed E-state index contributed by atoms with van der Waals surface area (Å²) in [6.45, 7) is 4.07. The first kappa shape index (κ1) is 17.5. The van der Waals surface area contributed by atoms with Crippen molar-refractivity contribution in [3.05, 3.63) is 28.3 Å². The molecule has 9 heteroatoms. The van der Waals surface area contributed by atoms with Gasteiger partial charge >= 0.3 is 5.69 Å². The molecular formula is C16H22FN5O3. The SMILES string of the molecule is CN1CCN(C(=O)C2CCN(c3c(F)cncc3[N+](=O)[O-])CC2)CC1. The maximum atomic E-state index is 14.1. The van der Waals surface area contributed by atoms with E-state index in [4.69, 9.17) is 0 Å². The molecule has 0 saturated carbocycles. The molecule has 2 aliphatic rings. The third-order valence-electron chi connectivity index (χ3n) is 5.03. The standard InChI is InChI=1S/C16H22FN5O3/c1-19-6-8-21(9-7-19)16(23)12-2-4-20(5-3-12)15-13(17)10-18-11-14(15)22(24)25/h10-12H,2-9H2,1H3. The number of hydrogen-bond donors (Lipinski definition) is 0. The van der Waals surface area contributed by atoms with Crippen LogP contribution >= 0.6 is 0 Å². The Balaban J connectivity index is 1.65. The minimum atomic E-state index is -0.696. The molecule has 1 aromatic heterocycles. The number of piperazine rings is 1. The van der Waals surface area contributed by atoms with E-state index < -0.39 is 10.7 Å². The fourth-order valence-electron chi connectivity index (χ4n) is 3.50. The zero-order valence-electron chi connectivity index (χ0n) is 14.2. The summed E-state index contributed by atoms with van der Waals surface area (Å²) >= 11 is 0. The Labute approximate surface area is 145 Å². The number of piperidine rings is 1. The van der Waals surface area contributed by atoms with Crippen LogP contribution in [-0.4, -0.2) is 71.9 Å². The summed E-state index contributed by atoms with van der Waals surface area (Å²) in [6.07, 6.45) is 3.21. The number of aromatic nitrogens is 1. The number of carbonyl (C=O) groups is 1. The molecule has 0 aromatic carbocycles. The van der Waals surface area contributed by atoms with Gasteiger partial charge in [-0.25, -0.2) is 4.39 Å². The van der Waals surface area contributed by atoms with Crippen molar-refractivity contribution in [3.63, 3.8) is 0 Å². The molecule has 3 rings (SSSR count). The first-order chi connectivity index (χ1) is 12.0. The van der Waals surface area contributed by atoms with Gasteiger partial charge in [0.15, 0.2) is 11.5 Å². The van der Waals surface area contributed by atoms with Gasteiger partial charge in [-0.1, -0.05) is 0 Å². The summed E-state index contributed by atoms with van der Waals surface area (Å²) in [5, 5.41) is 11.1. The number of rotatable bonds is 3. The summed E-state index contributed by atoms with van der Waals surface area (Å²) < 4.78 is 14.1. The molecule has 0 atom stereocenters. The lowest BCUT2D eigenvalue weighted by molar-refractivity contribution is -0.384. The Morgan fingerprint density at radius 1 is 1.20 bits per heavy atom. The highest BCUT2D eigenvalue weighted by Crippen LogP contribution is 2.33. The van der Waals surface area contributed by atoms with Crippen LogP contribution in [0.2, 0.25) is 0 Å². The van der Waals surface area contributed by atoms with Gasteiger partial charge in [-0.3, -0.25) is 19.9 Å². The molecule has 0 unspecified atom stereocenters. The Kier molecular flexibility index (Phi) is 5.12. The number of likely N-dealkylation sites (N-methyl/N-ethyl adjacent to an activating group) is 1. The molecule has 0 N–H and O–H groups in total. The minimum absolute atomic E-state index is 0.0227. The second-order valence-electron chi connectivity index (χ2n) is 6.64. The van der Waals surface area contributed by atoms with E-state index >= 15 is 0 Å². The van der Waals surface area contributed by atoms with E-state index in [1.54, 1.807) is 4.90 Å². The summed E-state index contributed by atoms with van der Waals surface area (Å²) in [5.74, 6) is -0.640. The van der Waals surface area contributed by atoms with Gasteiger partial charge in [0.1, 0.15) is 6.20 Å². The van der Waals surface area contributed by atoms with Crippen molar-refractivity contribution in [2.75, 3.05) is 51.2 Å². The van der Waals surface area contributed by atoms with Crippen molar-refractivity contribution in [2.24, 2.45) is 5.92 Å². The molecule has 3 heterocycles. The highest BCUT2D eigenvalue weighted by atomic mass is 19.1. The van der Waals surface area contributed by atoms with E-state index in [0.717, 1.165) is 38.6 Å². The van der Waals surface area contributed by atoms with Gasteiger partial charge in [0.25, 0.3) is 0 Å². The third-order valence-corrected chi connectivity index (χ3v) is 5.03. The second kappa shape index (κ2) is 7.30. The molecule has 2 fully saturated rings. The summed E-state index contributed by atoms with van der Waals surface area (Å²) in [6, 6.07) is 0. The van der Waals surface area contributed by atoms with Crippen LogP contribution in [0.15, 0.2) is 12.4 Å². The van der Waals surface area contributed by atoms with E-state index in [1.165, 1.54) is 0 Å². The average molecular weight is 351 g/mol. The fraction of sp³-hybridized carbons (Fsp3) is 0.625. The molecule has 8 nitrogen and oxygen atoms in total. The van der Waals surface area contributed by atoms with Crippen LogP contribution in [0.5, 0.6) is 0 Å². The number of hydrogen-bond acceptors (Lipinski definition) is 6. The molecule has 136 valence electrons. The predicted octanol–water partition coefficient (Wildman–Crippen LogP) is 1.12. The van der Waals surface area contributed by atoms with Crippen LogP contribution in [0.1, 0.15) is 12.8 Å². The molecule has 1 amide bonds. The van der Waals surface area contributed by atoms with Crippen molar-refractivity contribution < 1.29 is 14.1 Å². The molecule has 2 aliphatic heterocycles. The highest BCUT2D eigenvalue weighted by Gasteiger charge is 2.33. The lowest BCUT2D eigenvalue weighted by Crippen LogP contribution is -2.50. The number of amides is 1. The largest absolute Gasteiger partial charge is 0.363 e. The summed E-state index contributed by atoms with van der Waals surface area (Å²) in [4.78, 5) is 32.5. The Morgan fingerprint density at radius 2 is 1.84 bits per heavy atom. The lowest BCUT2D eigenvalue weighted by atomic mass is 9.94. The summed E-state index contributed by atoms with van der Waals surface area (Å²) in [5.41, 5.74) is -0.352. The molecule has 1 aromatic rings. The molecule has 0 bridgehead atoms. The van der Waals surface area contributed by atoms with Crippen LogP contribution in [-0.2, 0) is 4.79 Å². The van der Waals surface area contributed by atoms with Crippen LogP contribution < -0.4 is 4.90 Å². The normalized spacial score (nSPS) is 19.9. The third kappa shape index (κ3) is 3.71. The number of nitro groups is 1. The maximum Gasteiger partial charge on any atom is 0.313 e. The molecule has 2 saturated heterocycles. The van der Waals surface area contributed by atoms with E-state index in [2.05, 4.69) is 9.88 Å². The average Bonchev–Trinajstić information content (AvgIpc) is 2.61. The van der Waals surface area contributed by atoms with Gasteiger partial charge in [-0.2, -0.15) is 0 Å². The van der Waals surface area contributed by atoms with Crippen molar-refractivity contribution >= 4 is 17.3 Å². The van der Waals surface area contributed by atoms with Gasteiger partial charge in [0, 0.05) is 45.2 Å². The van der Waals surface area contributed by atoms with Crippen LogP contribution in [0, 0.1) is 21.8 Å². The van der Waals surface area contributed by atoms with Gasteiger partial charge in [0.2, 0.25) is 5.91 Å². The quantitative estimate of drug-likeness (QED) is 0.599. The van der Waals surface area contributed by atoms with Gasteiger partial charge < -0.3 is 14.7 Å². The molecule has 0 aliphatic carbocycles. The molecule has 0 spiro atoms. The van der Waals surface area contributed by atoms with Crippen LogP contribution in [0.3, 0.4) is 0 Å². The number of carbonyl (C=O) groups excluding carboxylic acids is 1. The van der Waals surface area contributed by atoms with E-state index in [9.17, 15) is 19.3 Å². The van der Waals surface area contributed by atoms with Crippen molar-refractivity contribution in [1.29, 1.82) is 0 Å². The zero-order valence-corrected chi connectivity index (χ0v) is 14.2. The zero-order chi connectivity index (χ0) is 18.0. The monoisotopic (exact) mass is 351 g/mol. The molecule has 25 heavy (non-hydrogen) atoms. The maximum absolute atomic E-state index is 14.1. The smallest absolute Gasteiger partial charge is 0.313 e. The first-order valence-electron chi connectivity index (χ1n) is 8.47. The number of halogens is 1. The Hall–Kier alpha value is -2.29. The Bertz CT molecular complexity index is 655. The predicted molar refractivity (Wildman–Crippen MR) is 89.9 cm³/mol. The Morgan fingerprint density at radius 3 is 2.44 bits per heavy atom. The lowest BCUT2D eigenvalue weighted by Gasteiger charge is -2.38. The molecular weight excluding hydrogens is 329 g/mol.